The second-order valence-corrected chi connectivity index (χ2v) is 7.66. The highest BCUT2D eigenvalue weighted by Gasteiger charge is 2.18. The number of hydrogen-bond acceptors (Lipinski definition) is 4. The molecule has 1 rings (SSSR count). The van der Waals surface area contributed by atoms with Gasteiger partial charge in [0.15, 0.2) is 9.84 Å². The predicted molar refractivity (Wildman–Crippen MR) is 91.5 cm³/mol. The first-order valence-electron chi connectivity index (χ1n) is 7.01. The van der Waals surface area contributed by atoms with Gasteiger partial charge in [-0.3, -0.25) is 4.79 Å². The topological polar surface area (TPSA) is 89.3 Å². The number of rotatable bonds is 7. The van der Waals surface area contributed by atoms with Gasteiger partial charge in [-0.25, -0.2) is 8.42 Å². The molecule has 2 atom stereocenters. The molecular formula is C15H25ClN2O3S. The largest absolute Gasteiger partial charge is 0.351 e. The van der Waals surface area contributed by atoms with Crippen molar-refractivity contribution in [2.75, 3.05) is 6.26 Å². The maximum Gasteiger partial charge on any atom is 0.237 e. The second-order valence-electron chi connectivity index (χ2n) is 5.52. The summed E-state index contributed by atoms with van der Waals surface area (Å²) >= 11 is 0. The first-order valence-corrected chi connectivity index (χ1v) is 9.07. The van der Waals surface area contributed by atoms with Crippen molar-refractivity contribution in [1.82, 2.24) is 5.32 Å². The van der Waals surface area contributed by atoms with Gasteiger partial charge in [0.1, 0.15) is 0 Å². The van der Waals surface area contributed by atoms with Crippen molar-refractivity contribution in [2.24, 2.45) is 11.7 Å². The Morgan fingerprint density at radius 3 is 2.45 bits per heavy atom. The molecule has 0 aromatic heterocycles. The van der Waals surface area contributed by atoms with Gasteiger partial charge in [-0.15, -0.1) is 12.4 Å². The van der Waals surface area contributed by atoms with E-state index in [0.717, 1.165) is 17.5 Å². The van der Waals surface area contributed by atoms with Crippen LogP contribution in [0.3, 0.4) is 0 Å². The molecule has 7 heteroatoms. The molecule has 0 fully saturated rings. The van der Waals surface area contributed by atoms with Crippen LogP contribution >= 0.6 is 12.4 Å². The SMILES string of the molecule is CCC(C)C(N)C(=O)NCc1cccc(CS(C)(=O)=O)c1.Cl. The van der Waals surface area contributed by atoms with Crippen molar-refractivity contribution in [2.45, 2.75) is 38.6 Å². The van der Waals surface area contributed by atoms with Gasteiger partial charge < -0.3 is 11.1 Å². The van der Waals surface area contributed by atoms with E-state index in [1.165, 1.54) is 6.26 Å². The maximum absolute atomic E-state index is 11.9. The first kappa shape index (κ1) is 20.9. The van der Waals surface area contributed by atoms with Gasteiger partial charge in [0, 0.05) is 12.8 Å². The van der Waals surface area contributed by atoms with Crippen molar-refractivity contribution in [3.05, 3.63) is 35.4 Å². The first-order chi connectivity index (χ1) is 9.73. The van der Waals surface area contributed by atoms with Gasteiger partial charge in [-0.05, 0) is 17.0 Å². The van der Waals surface area contributed by atoms with E-state index in [9.17, 15) is 13.2 Å². The summed E-state index contributed by atoms with van der Waals surface area (Å²) < 4.78 is 22.6. The van der Waals surface area contributed by atoms with E-state index in [1.54, 1.807) is 18.2 Å². The third-order valence-electron chi connectivity index (χ3n) is 3.45. The third kappa shape index (κ3) is 7.24. The van der Waals surface area contributed by atoms with Crippen LogP contribution in [0.4, 0.5) is 0 Å². The highest BCUT2D eigenvalue weighted by molar-refractivity contribution is 7.89. The minimum Gasteiger partial charge on any atom is -0.351 e. The number of benzene rings is 1. The highest BCUT2D eigenvalue weighted by atomic mass is 35.5. The van der Waals surface area contributed by atoms with Gasteiger partial charge >= 0.3 is 0 Å². The Hall–Kier alpha value is -1.11. The zero-order chi connectivity index (χ0) is 16.0. The van der Waals surface area contributed by atoms with Gasteiger partial charge in [-0.2, -0.15) is 0 Å². The zero-order valence-corrected chi connectivity index (χ0v) is 14.8. The molecule has 0 aliphatic rings. The van der Waals surface area contributed by atoms with Crippen molar-refractivity contribution >= 4 is 28.2 Å². The van der Waals surface area contributed by atoms with Crippen LogP contribution in [-0.4, -0.2) is 26.6 Å². The molecule has 1 aromatic rings. The molecule has 0 aliphatic heterocycles. The normalized spacial score (nSPS) is 13.8. The number of amides is 1. The lowest BCUT2D eigenvalue weighted by Crippen LogP contribution is -2.44. The molecule has 0 spiro atoms. The van der Waals surface area contributed by atoms with Crippen LogP contribution in [0, 0.1) is 5.92 Å². The molecule has 5 nitrogen and oxygen atoms in total. The standard InChI is InChI=1S/C15H24N2O3S.ClH/c1-4-11(2)14(16)15(18)17-9-12-6-5-7-13(8-12)10-21(3,19)20;/h5-8,11,14H,4,9-10,16H2,1-3H3,(H,17,18);1H. The molecule has 1 aromatic carbocycles. The van der Waals surface area contributed by atoms with Gasteiger partial charge in [-0.1, -0.05) is 44.5 Å². The Morgan fingerprint density at radius 1 is 1.32 bits per heavy atom. The summed E-state index contributed by atoms with van der Waals surface area (Å²) in [6.45, 7) is 4.28. The second kappa shape index (κ2) is 9.12. The van der Waals surface area contributed by atoms with E-state index >= 15 is 0 Å². The summed E-state index contributed by atoms with van der Waals surface area (Å²) in [7, 11) is -3.06. The highest BCUT2D eigenvalue weighted by Crippen LogP contribution is 2.09. The summed E-state index contributed by atoms with van der Waals surface area (Å²) in [6.07, 6.45) is 2.05. The molecule has 0 saturated carbocycles. The monoisotopic (exact) mass is 348 g/mol. The molecule has 126 valence electrons. The quantitative estimate of drug-likeness (QED) is 0.784. The van der Waals surface area contributed by atoms with E-state index < -0.39 is 15.9 Å². The molecule has 1 amide bonds. The summed E-state index contributed by atoms with van der Waals surface area (Å²) in [5, 5.41) is 2.79. The number of sulfone groups is 1. The average Bonchev–Trinajstić information content (AvgIpc) is 2.41. The molecule has 0 aliphatic carbocycles. The Kier molecular flexibility index (Phi) is 8.66. The third-order valence-corrected chi connectivity index (χ3v) is 4.30. The van der Waals surface area contributed by atoms with E-state index in [-0.39, 0.29) is 30.0 Å². The molecule has 0 heterocycles. The van der Waals surface area contributed by atoms with Gasteiger partial charge in [0.05, 0.1) is 11.8 Å². The van der Waals surface area contributed by atoms with E-state index in [1.807, 2.05) is 19.9 Å². The maximum atomic E-state index is 11.9. The number of halogens is 1. The average molecular weight is 349 g/mol. The fraction of sp³-hybridized carbons (Fsp3) is 0.533. The van der Waals surface area contributed by atoms with E-state index in [0.29, 0.717) is 6.54 Å². The van der Waals surface area contributed by atoms with E-state index in [2.05, 4.69) is 5.32 Å². The van der Waals surface area contributed by atoms with Crippen molar-refractivity contribution in [1.29, 1.82) is 0 Å². The summed E-state index contributed by atoms with van der Waals surface area (Å²) in [5.41, 5.74) is 7.44. The van der Waals surface area contributed by atoms with Crippen molar-refractivity contribution in [3.63, 3.8) is 0 Å². The van der Waals surface area contributed by atoms with Crippen LogP contribution in [0.2, 0.25) is 0 Å². The minimum atomic E-state index is -3.06. The lowest BCUT2D eigenvalue weighted by molar-refractivity contribution is -0.123. The van der Waals surface area contributed by atoms with Crippen LogP contribution in [0.15, 0.2) is 24.3 Å². The Balaban J connectivity index is 0.00000441. The smallest absolute Gasteiger partial charge is 0.237 e. The van der Waals surface area contributed by atoms with Crippen molar-refractivity contribution < 1.29 is 13.2 Å². The van der Waals surface area contributed by atoms with Crippen LogP contribution in [0.25, 0.3) is 0 Å². The zero-order valence-electron chi connectivity index (χ0n) is 13.2. The number of carbonyl (C=O) groups excluding carboxylic acids is 1. The number of nitrogens with one attached hydrogen (secondary N) is 1. The van der Waals surface area contributed by atoms with Crippen LogP contribution in [-0.2, 0) is 26.9 Å². The molecule has 2 unspecified atom stereocenters. The van der Waals surface area contributed by atoms with Crippen LogP contribution in [0.5, 0.6) is 0 Å². The summed E-state index contributed by atoms with van der Waals surface area (Å²) in [6, 6.07) is 6.67. The Bertz CT molecular complexity index is 590. The Labute approximate surface area is 139 Å². The predicted octanol–water partition coefficient (Wildman–Crippen LogP) is 1.64. The number of carbonyl (C=O) groups is 1. The molecule has 0 radical (unpaired) electrons. The molecular weight excluding hydrogens is 324 g/mol. The summed E-state index contributed by atoms with van der Waals surface area (Å²) in [4.78, 5) is 11.9. The lowest BCUT2D eigenvalue weighted by atomic mass is 9.99. The van der Waals surface area contributed by atoms with Gasteiger partial charge in [0.25, 0.3) is 0 Å². The van der Waals surface area contributed by atoms with Crippen LogP contribution < -0.4 is 11.1 Å². The lowest BCUT2D eigenvalue weighted by Gasteiger charge is -2.17. The number of nitrogens with two attached hydrogens (primary N) is 1. The minimum absolute atomic E-state index is 0. The molecule has 22 heavy (non-hydrogen) atoms. The molecule has 3 N–H and O–H groups in total. The van der Waals surface area contributed by atoms with Crippen molar-refractivity contribution in [3.8, 4) is 0 Å². The summed E-state index contributed by atoms with van der Waals surface area (Å²) in [5.74, 6) is -0.0549. The Morgan fingerprint density at radius 2 is 1.91 bits per heavy atom. The number of hydrogen-bond donors (Lipinski definition) is 2. The van der Waals surface area contributed by atoms with Crippen LogP contribution in [0.1, 0.15) is 31.4 Å². The van der Waals surface area contributed by atoms with Gasteiger partial charge in [0.2, 0.25) is 5.91 Å². The fourth-order valence-corrected chi connectivity index (χ4v) is 2.74. The molecule has 0 saturated heterocycles. The van der Waals surface area contributed by atoms with E-state index in [4.69, 9.17) is 5.73 Å². The molecule has 0 bridgehead atoms. The fourth-order valence-electron chi connectivity index (χ4n) is 1.95.